The third-order valence-corrected chi connectivity index (χ3v) is 4.97. The van der Waals surface area contributed by atoms with Gasteiger partial charge in [-0.3, -0.25) is 4.79 Å². The van der Waals surface area contributed by atoms with Gasteiger partial charge in [0.05, 0.1) is 6.42 Å². The molecule has 132 valence electrons. The zero-order chi connectivity index (χ0) is 17.5. The molecule has 1 saturated carbocycles. The summed E-state index contributed by atoms with van der Waals surface area (Å²) in [5.74, 6) is 0.692. The minimum absolute atomic E-state index is 0.0189. The number of carbonyl (C=O) groups is 2. The molecule has 3 N–H and O–H groups in total. The van der Waals surface area contributed by atoms with Crippen molar-refractivity contribution < 1.29 is 9.59 Å². The van der Waals surface area contributed by atoms with Gasteiger partial charge in [-0.1, -0.05) is 30.3 Å². The third kappa shape index (κ3) is 6.23. The second-order valence-corrected chi connectivity index (χ2v) is 7.39. The molecule has 0 saturated heterocycles. The zero-order valence-electron chi connectivity index (χ0n) is 14.1. The van der Waals surface area contributed by atoms with Crippen molar-refractivity contribution in [3.05, 3.63) is 57.8 Å². The number of urea groups is 1. The highest BCUT2D eigenvalue weighted by atomic mass is 32.1. The van der Waals surface area contributed by atoms with Gasteiger partial charge in [0.2, 0.25) is 5.91 Å². The number of rotatable bonds is 8. The van der Waals surface area contributed by atoms with E-state index in [9.17, 15) is 9.59 Å². The minimum atomic E-state index is -0.124. The van der Waals surface area contributed by atoms with Crippen LogP contribution in [0.5, 0.6) is 0 Å². The van der Waals surface area contributed by atoms with Crippen LogP contribution in [0.2, 0.25) is 0 Å². The first-order valence-corrected chi connectivity index (χ1v) is 9.45. The number of hydrogen-bond acceptors (Lipinski definition) is 3. The normalized spacial score (nSPS) is 13.3. The van der Waals surface area contributed by atoms with E-state index in [-0.39, 0.29) is 11.9 Å². The van der Waals surface area contributed by atoms with Gasteiger partial charge in [-0.05, 0) is 41.3 Å². The van der Waals surface area contributed by atoms with Gasteiger partial charge in [0, 0.05) is 24.5 Å². The van der Waals surface area contributed by atoms with E-state index < -0.39 is 0 Å². The Morgan fingerprint density at radius 2 is 1.76 bits per heavy atom. The Morgan fingerprint density at radius 1 is 1.00 bits per heavy atom. The van der Waals surface area contributed by atoms with Gasteiger partial charge in [0.15, 0.2) is 0 Å². The highest BCUT2D eigenvalue weighted by Crippen LogP contribution is 2.27. The van der Waals surface area contributed by atoms with E-state index in [0.29, 0.717) is 25.4 Å². The molecule has 0 spiro atoms. The first kappa shape index (κ1) is 17.5. The number of benzene rings is 1. The molecule has 3 amide bonds. The molecule has 0 unspecified atom stereocenters. The second-order valence-electron chi connectivity index (χ2n) is 6.36. The fourth-order valence-electron chi connectivity index (χ4n) is 2.49. The van der Waals surface area contributed by atoms with Crippen LogP contribution in [0.1, 0.15) is 28.8 Å². The lowest BCUT2D eigenvalue weighted by molar-refractivity contribution is -0.120. The fourth-order valence-corrected chi connectivity index (χ4v) is 3.19. The standard InChI is InChI=1S/C19H23N3O2S/c23-18(10-17-5-2-8-25-17)20-12-15-3-1-4-16(9-15)13-22-19(24)21-11-14-6-7-14/h1-5,8-9,14H,6-7,10-13H2,(H,20,23)(H2,21,22,24). The molecule has 25 heavy (non-hydrogen) atoms. The summed E-state index contributed by atoms with van der Waals surface area (Å²) in [4.78, 5) is 24.7. The lowest BCUT2D eigenvalue weighted by Crippen LogP contribution is -2.36. The molecule has 6 heteroatoms. The van der Waals surface area contributed by atoms with E-state index in [1.165, 1.54) is 12.8 Å². The molecule has 1 aromatic heterocycles. The monoisotopic (exact) mass is 357 g/mol. The van der Waals surface area contributed by atoms with E-state index in [0.717, 1.165) is 22.5 Å². The molecule has 3 rings (SSSR count). The Balaban J connectivity index is 1.40. The minimum Gasteiger partial charge on any atom is -0.352 e. The van der Waals surface area contributed by atoms with Crippen molar-refractivity contribution in [3.8, 4) is 0 Å². The molecular weight excluding hydrogens is 334 g/mol. The number of carbonyl (C=O) groups excluding carboxylic acids is 2. The zero-order valence-corrected chi connectivity index (χ0v) is 14.9. The van der Waals surface area contributed by atoms with Crippen LogP contribution >= 0.6 is 11.3 Å². The molecule has 0 radical (unpaired) electrons. The predicted octanol–water partition coefficient (Wildman–Crippen LogP) is 2.82. The molecule has 0 aliphatic heterocycles. The SMILES string of the molecule is O=C(Cc1cccs1)NCc1cccc(CNC(=O)NCC2CC2)c1. The summed E-state index contributed by atoms with van der Waals surface area (Å²) in [6.45, 7) is 1.74. The van der Waals surface area contributed by atoms with E-state index in [1.54, 1.807) is 11.3 Å². The molecule has 1 heterocycles. The van der Waals surface area contributed by atoms with Gasteiger partial charge in [0.25, 0.3) is 0 Å². The van der Waals surface area contributed by atoms with Gasteiger partial charge >= 0.3 is 6.03 Å². The van der Waals surface area contributed by atoms with Crippen molar-refractivity contribution in [2.24, 2.45) is 5.92 Å². The van der Waals surface area contributed by atoms with Crippen molar-refractivity contribution in [2.75, 3.05) is 6.54 Å². The molecule has 1 aliphatic carbocycles. The molecule has 1 fully saturated rings. The number of hydrogen-bond donors (Lipinski definition) is 3. The summed E-state index contributed by atoms with van der Waals surface area (Å²) >= 11 is 1.59. The topological polar surface area (TPSA) is 70.2 Å². The number of thiophene rings is 1. The Morgan fingerprint density at radius 3 is 2.44 bits per heavy atom. The molecular formula is C19H23N3O2S. The largest absolute Gasteiger partial charge is 0.352 e. The van der Waals surface area contributed by atoms with Crippen molar-refractivity contribution in [3.63, 3.8) is 0 Å². The van der Waals surface area contributed by atoms with E-state index >= 15 is 0 Å². The highest BCUT2D eigenvalue weighted by molar-refractivity contribution is 7.10. The molecule has 0 atom stereocenters. The van der Waals surface area contributed by atoms with Crippen molar-refractivity contribution in [1.82, 2.24) is 16.0 Å². The summed E-state index contributed by atoms with van der Waals surface area (Å²) in [5, 5.41) is 10.7. The average Bonchev–Trinajstić information content (AvgIpc) is 3.32. The van der Waals surface area contributed by atoms with E-state index in [2.05, 4.69) is 16.0 Å². The maximum absolute atomic E-state index is 11.9. The van der Waals surface area contributed by atoms with Crippen LogP contribution in [0.25, 0.3) is 0 Å². The first-order chi connectivity index (χ1) is 12.2. The lowest BCUT2D eigenvalue weighted by Gasteiger charge is -2.09. The van der Waals surface area contributed by atoms with Crippen LogP contribution in [0.4, 0.5) is 4.79 Å². The quantitative estimate of drug-likeness (QED) is 0.680. The van der Waals surface area contributed by atoms with Gasteiger partial charge in [-0.15, -0.1) is 11.3 Å². The van der Waals surface area contributed by atoms with Crippen molar-refractivity contribution in [2.45, 2.75) is 32.4 Å². The lowest BCUT2D eigenvalue weighted by atomic mass is 10.1. The van der Waals surface area contributed by atoms with Gasteiger partial charge in [-0.2, -0.15) is 0 Å². The average molecular weight is 357 g/mol. The Kier molecular flexibility index (Phi) is 6.06. The van der Waals surface area contributed by atoms with Gasteiger partial charge in [0.1, 0.15) is 0 Å². The molecule has 2 aromatic rings. The van der Waals surface area contributed by atoms with Crippen LogP contribution < -0.4 is 16.0 Å². The Bertz CT molecular complexity index is 711. The van der Waals surface area contributed by atoms with Gasteiger partial charge < -0.3 is 16.0 Å². The summed E-state index contributed by atoms with van der Waals surface area (Å²) in [5.41, 5.74) is 2.05. The smallest absolute Gasteiger partial charge is 0.315 e. The van der Waals surface area contributed by atoms with E-state index in [1.807, 2.05) is 41.8 Å². The van der Waals surface area contributed by atoms with Crippen LogP contribution in [-0.4, -0.2) is 18.5 Å². The second kappa shape index (κ2) is 8.67. The summed E-state index contributed by atoms with van der Waals surface area (Å²) in [6, 6.07) is 11.7. The molecule has 1 aromatic carbocycles. The molecule has 5 nitrogen and oxygen atoms in total. The maximum Gasteiger partial charge on any atom is 0.315 e. The summed E-state index contributed by atoms with van der Waals surface area (Å²) in [7, 11) is 0. The number of nitrogens with one attached hydrogen (secondary N) is 3. The first-order valence-electron chi connectivity index (χ1n) is 8.57. The third-order valence-electron chi connectivity index (χ3n) is 4.10. The van der Waals surface area contributed by atoms with Crippen molar-refractivity contribution >= 4 is 23.3 Å². The Hall–Kier alpha value is -2.34. The van der Waals surface area contributed by atoms with Gasteiger partial charge in [-0.25, -0.2) is 4.79 Å². The van der Waals surface area contributed by atoms with E-state index in [4.69, 9.17) is 0 Å². The molecule has 0 bridgehead atoms. The maximum atomic E-state index is 11.9. The van der Waals surface area contributed by atoms with Crippen LogP contribution in [-0.2, 0) is 24.3 Å². The van der Waals surface area contributed by atoms with Crippen LogP contribution in [0.3, 0.4) is 0 Å². The summed E-state index contributed by atoms with van der Waals surface area (Å²) < 4.78 is 0. The van der Waals surface area contributed by atoms with Crippen LogP contribution in [0, 0.1) is 5.92 Å². The number of amides is 3. The Labute approximate surface area is 151 Å². The highest BCUT2D eigenvalue weighted by Gasteiger charge is 2.21. The summed E-state index contributed by atoms with van der Waals surface area (Å²) in [6.07, 6.45) is 2.86. The fraction of sp³-hybridized carbons (Fsp3) is 0.368. The van der Waals surface area contributed by atoms with Crippen molar-refractivity contribution in [1.29, 1.82) is 0 Å². The predicted molar refractivity (Wildman–Crippen MR) is 99.3 cm³/mol. The molecule has 1 aliphatic rings. The van der Waals surface area contributed by atoms with Crippen LogP contribution in [0.15, 0.2) is 41.8 Å².